The van der Waals surface area contributed by atoms with E-state index in [9.17, 15) is 0 Å². The Morgan fingerprint density at radius 3 is 2.56 bits per heavy atom. The topological polar surface area (TPSA) is 61.5 Å². The zero-order valence-electron chi connectivity index (χ0n) is 15.0. The van der Waals surface area contributed by atoms with E-state index in [1.807, 2.05) is 48.6 Å². The zero-order valence-corrected chi connectivity index (χ0v) is 15.8. The maximum Gasteiger partial charge on any atom is 0.234 e. The first kappa shape index (κ1) is 17.2. The van der Waals surface area contributed by atoms with Crippen LogP contribution in [0.2, 0.25) is 0 Å². The summed E-state index contributed by atoms with van der Waals surface area (Å²) in [6.45, 7) is 0. The van der Waals surface area contributed by atoms with Crippen molar-refractivity contribution in [1.29, 1.82) is 0 Å². The van der Waals surface area contributed by atoms with Gasteiger partial charge >= 0.3 is 0 Å². The molecule has 0 saturated heterocycles. The molecule has 0 saturated carbocycles. The Labute approximate surface area is 160 Å². The molecule has 0 atom stereocenters. The highest BCUT2D eigenvalue weighted by Gasteiger charge is 2.12. The summed E-state index contributed by atoms with van der Waals surface area (Å²) in [6.07, 6.45) is 4.64. The number of benzene rings is 2. The van der Waals surface area contributed by atoms with Gasteiger partial charge in [0.1, 0.15) is 5.01 Å². The van der Waals surface area contributed by atoms with Gasteiger partial charge in [0.15, 0.2) is 17.3 Å². The summed E-state index contributed by atoms with van der Waals surface area (Å²) in [6, 6.07) is 16.0. The Morgan fingerprint density at radius 2 is 1.78 bits per heavy atom. The molecule has 0 N–H and O–H groups in total. The number of aromatic nitrogens is 4. The molecular weight excluding hydrogens is 360 g/mol. The quantitative estimate of drug-likeness (QED) is 0.508. The fourth-order valence-electron chi connectivity index (χ4n) is 2.75. The van der Waals surface area contributed by atoms with E-state index in [0.29, 0.717) is 17.9 Å². The summed E-state index contributed by atoms with van der Waals surface area (Å²) in [5.41, 5.74) is 2.19. The van der Waals surface area contributed by atoms with Crippen LogP contribution in [0.3, 0.4) is 0 Å². The van der Waals surface area contributed by atoms with Crippen LogP contribution in [0.4, 0.5) is 0 Å². The predicted molar refractivity (Wildman–Crippen MR) is 106 cm³/mol. The van der Waals surface area contributed by atoms with Crippen molar-refractivity contribution in [2.75, 3.05) is 14.2 Å². The van der Waals surface area contributed by atoms with Crippen LogP contribution < -0.4 is 9.47 Å². The first-order valence-electron chi connectivity index (χ1n) is 8.42. The van der Waals surface area contributed by atoms with Gasteiger partial charge in [-0.25, -0.2) is 0 Å². The lowest BCUT2D eigenvalue weighted by Gasteiger charge is -2.08. The fourth-order valence-corrected chi connectivity index (χ4v) is 3.51. The van der Waals surface area contributed by atoms with Gasteiger partial charge in [0.05, 0.1) is 14.2 Å². The van der Waals surface area contributed by atoms with E-state index < -0.39 is 0 Å². The molecule has 4 rings (SSSR count). The Balaban J connectivity index is 1.58. The number of nitrogens with zero attached hydrogens (tertiary/aromatic N) is 4. The molecule has 2 aromatic carbocycles. The third kappa shape index (κ3) is 3.68. The van der Waals surface area contributed by atoms with Crippen LogP contribution in [-0.2, 0) is 6.42 Å². The Hall–Kier alpha value is -3.19. The Kier molecular flexibility index (Phi) is 4.84. The van der Waals surface area contributed by atoms with E-state index in [1.165, 1.54) is 11.3 Å². The molecule has 0 amide bonds. The molecule has 136 valence electrons. The second kappa shape index (κ2) is 7.59. The van der Waals surface area contributed by atoms with E-state index in [0.717, 1.165) is 26.9 Å². The molecule has 0 unspecified atom stereocenters. The smallest absolute Gasteiger partial charge is 0.234 e. The van der Waals surface area contributed by atoms with Gasteiger partial charge in [-0.2, -0.15) is 9.61 Å². The minimum absolute atomic E-state index is 0.604. The largest absolute Gasteiger partial charge is 0.493 e. The SMILES string of the molecule is COc1ccc(Cc2nnc3sc(/C=C/c4ccccc4)nn23)cc1OC. The minimum atomic E-state index is 0.604. The molecule has 27 heavy (non-hydrogen) atoms. The molecule has 6 nitrogen and oxygen atoms in total. The van der Waals surface area contributed by atoms with Gasteiger partial charge in [-0.05, 0) is 29.3 Å². The van der Waals surface area contributed by atoms with E-state index >= 15 is 0 Å². The van der Waals surface area contributed by atoms with Gasteiger partial charge in [0, 0.05) is 6.42 Å². The summed E-state index contributed by atoms with van der Waals surface area (Å²) in [4.78, 5) is 0.776. The van der Waals surface area contributed by atoms with Crippen LogP contribution in [0, 0.1) is 0 Å². The molecule has 0 bridgehead atoms. The summed E-state index contributed by atoms with van der Waals surface area (Å²) < 4.78 is 12.5. The van der Waals surface area contributed by atoms with Crippen molar-refractivity contribution in [2.45, 2.75) is 6.42 Å². The molecule has 0 aliphatic carbocycles. The van der Waals surface area contributed by atoms with Crippen LogP contribution in [0.15, 0.2) is 48.5 Å². The maximum absolute atomic E-state index is 5.37. The van der Waals surface area contributed by atoms with Crippen molar-refractivity contribution < 1.29 is 9.47 Å². The standard InChI is InChI=1S/C20H18N4O2S/c1-25-16-10-8-15(12-17(16)26-2)13-18-21-22-20-24(18)23-19(27-20)11-9-14-6-4-3-5-7-14/h3-12H,13H2,1-2H3/b11-9+. The summed E-state index contributed by atoms with van der Waals surface area (Å²) in [7, 11) is 3.25. The predicted octanol–water partition coefficient (Wildman–Crippen LogP) is 3.96. The average Bonchev–Trinajstić information content (AvgIpc) is 3.28. The molecule has 0 aliphatic rings. The summed E-state index contributed by atoms with van der Waals surface area (Å²) in [5.74, 6) is 2.18. The van der Waals surface area contributed by atoms with Gasteiger partial charge in [-0.15, -0.1) is 10.2 Å². The molecule has 2 aromatic heterocycles. The fraction of sp³-hybridized carbons (Fsp3) is 0.150. The number of rotatable bonds is 6. The maximum atomic E-state index is 5.37. The second-order valence-electron chi connectivity index (χ2n) is 5.86. The first-order chi connectivity index (χ1) is 13.3. The van der Waals surface area contributed by atoms with E-state index in [4.69, 9.17) is 9.47 Å². The van der Waals surface area contributed by atoms with Crippen LogP contribution in [0.25, 0.3) is 17.1 Å². The second-order valence-corrected chi connectivity index (χ2v) is 6.85. The van der Waals surface area contributed by atoms with Gasteiger partial charge in [0.2, 0.25) is 4.96 Å². The van der Waals surface area contributed by atoms with Crippen molar-refractivity contribution in [1.82, 2.24) is 19.8 Å². The number of hydrogen-bond acceptors (Lipinski definition) is 6. The highest BCUT2D eigenvalue weighted by molar-refractivity contribution is 7.17. The van der Waals surface area contributed by atoms with Crippen molar-refractivity contribution in [3.05, 3.63) is 70.5 Å². The lowest BCUT2D eigenvalue weighted by atomic mass is 10.1. The number of hydrogen-bond donors (Lipinski definition) is 0. The molecule has 2 heterocycles. The van der Waals surface area contributed by atoms with Gasteiger partial charge < -0.3 is 9.47 Å². The molecule has 0 spiro atoms. The van der Waals surface area contributed by atoms with Crippen LogP contribution in [0.5, 0.6) is 11.5 Å². The van der Waals surface area contributed by atoms with Crippen molar-refractivity contribution in [3.63, 3.8) is 0 Å². The van der Waals surface area contributed by atoms with E-state index in [-0.39, 0.29) is 0 Å². The third-order valence-corrected chi connectivity index (χ3v) is 4.96. The molecule has 0 fully saturated rings. The summed E-state index contributed by atoms with van der Waals surface area (Å²) >= 11 is 1.51. The number of fused-ring (bicyclic) bond motifs is 1. The van der Waals surface area contributed by atoms with Gasteiger partial charge in [-0.3, -0.25) is 0 Å². The summed E-state index contributed by atoms with van der Waals surface area (Å²) in [5, 5.41) is 14.0. The lowest BCUT2D eigenvalue weighted by Crippen LogP contribution is -1.99. The van der Waals surface area contributed by atoms with E-state index in [1.54, 1.807) is 18.7 Å². The highest BCUT2D eigenvalue weighted by atomic mass is 32.1. The molecular formula is C20H18N4O2S. The number of methoxy groups -OCH3 is 2. The van der Waals surface area contributed by atoms with Crippen molar-refractivity contribution in [3.8, 4) is 11.5 Å². The Morgan fingerprint density at radius 1 is 0.963 bits per heavy atom. The van der Waals surface area contributed by atoms with E-state index in [2.05, 4.69) is 27.4 Å². The van der Waals surface area contributed by atoms with Crippen LogP contribution in [-0.4, -0.2) is 34.0 Å². The van der Waals surface area contributed by atoms with Crippen LogP contribution in [0.1, 0.15) is 22.0 Å². The van der Waals surface area contributed by atoms with Crippen molar-refractivity contribution >= 4 is 28.4 Å². The molecule has 0 radical (unpaired) electrons. The Bertz CT molecular complexity index is 1090. The first-order valence-corrected chi connectivity index (χ1v) is 9.23. The van der Waals surface area contributed by atoms with Crippen molar-refractivity contribution in [2.24, 2.45) is 0 Å². The van der Waals surface area contributed by atoms with Gasteiger partial charge in [-0.1, -0.05) is 53.8 Å². The zero-order chi connectivity index (χ0) is 18.6. The average molecular weight is 378 g/mol. The molecule has 4 aromatic rings. The highest BCUT2D eigenvalue weighted by Crippen LogP contribution is 2.28. The normalized spacial score (nSPS) is 11.3. The van der Waals surface area contributed by atoms with Gasteiger partial charge in [0.25, 0.3) is 0 Å². The molecule has 7 heteroatoms. The monoisotopic (exact) mass is 378 g/mol. The van der Waals surface area contributed by atoms with Crippen LogP contribution >= 0.6 is 11.3 Å². The minimum Gasteiger partial charge on any atom is -0.493 e. The lowest BCUT2D eigenvalue weighted by molar-refractivity contribution is 0.354. The molecule has 0 aliphatic heterocycles. The number of ether oxygens (including phenoxy) is 2. The third-order valence-electron chi connectivity index (χ3n) is 4.10.